The van der Waals surface area contributed by atoms with Crippen molar-refractivity contribution in [1.82, 2.24) is 9.78 Å². The lowest BCUT2D eigenvalue weighted by Crippen LogP contribution is -2.16. The molecule has 0 spiro atoms. The standard InChI is InChI=1S/C22H18FN3O3S2/c1-12-15-9-20(31-22(15)26(25-12)14-5-3-13(23)4-6-14)21(27)24-16-10-17-18(11-19(16)30-2)29-8-7-28-17/h3-6,9-11H,7-8H2,1-2H3,(H,24,27). The van der Waals surface area contributed by atoms with E-state index < -0.39 is 0 Å². The van der Waals surface area contributed by atoms with E-state index in [2.05, 4.69) is 10.4 Å². The zero-order chi connectivity index (χ0) is 21.5. The maximum absolute atomic E-state index is 13.3. The Morgan fingerprint density at radius 2 is 1.87 bits per heavy atom. The highest BCUT2D eigenvalue weighted by atomic mass is 32.2. The first-order valence-corrected chi connectivity index (χ1v) is 11.6. The van der Waals surface area contributed by atoms with Crippen molar-refractivity contribution >= 4 is 44.9 Å². The fourth-order valence-electron chi connectivity index (χ4n) is 3.44. The van der Waals surface area contributed by atoms with Gasteiger partial charge in [-0.05, 0) is 49.6 Å². The van der Waals surface area contributed by atoms with Crippen LogP contribution < -0.4 is 14.8 Å². The zero-order valence-electron chi connectivity index (χ0n) is 16.8. The number of fused-ring (bicyclic) bond motifs is 2. The third-order valence-electron chi connectivity index (χ3n) is 4.95. The monoisotopic (exact) mass is 455 g/mol. The van der Waals surface area contributed by atoms with Crippen molar-refractivity contribution in [3.05, 3.63) is 58.9 Å². The van der Waals surface area contributed by atoms with E-state index in [9.17, 15) is 9.18 Å². The highest BCUT2D eigenvalue weighted by Crippen LogP contribution is 2.40. The Bertz CT molecular complexity index is 1300. The first-order valence-electron chi connectivity index (χ1n) is 9.57. The van der Waals surface area contributed by atoms with E-state index in [-0.39, 0.29) is 11.7 Å². The minimum absolute atomic E-state index is 0.210. The van der Waals surface area contributed by atoms with E-state index in [4.69, 9.17) is 9.47 Å². The summed E-state index contributed by atoms with van der Waals surface area (Å²) in [6, 6.07) is 11.7. The van der Waals surface area contributed by atoms with E-state index in [0.717, 1.165) is 26.5 Å². The van der Waals surface area contributed by atoms with Crippen molar-refractivity contribution in [2.45, 2.75) is 11.8 Å². The number of anilines is 1. The van der Waals surface area contributed by atoms with E-state index in [1.54, 1.807) is 22.9 Å². The lowest BCUT2D eigenvalue weighted by Gasteiger charge is -2.20. The maximum atomic E-state index is 13.3. The molecule has 3 heterocycles. The van der Waals surface area contributed by atoms with Crippen molar-refractivity contribution in [2.75, 3.05) is 24.8 Å². The van der Waals surface area contributed by atoms with Crippen LogP contribution in [0.3, 0.4) is 0 Å². The zero-order valence-corrected chi connectivity index (χ0v) is 18.4. The summed E-state index contributed by atoms with van der Waals surface area (Å²) in [5.74, 6) is 0.793. The Kier molecular flexibility index (Phi) is 5.07. The summed E-state index contributed by atoms with van der Waals surface area (Å²) in [6.45, 7) is 2.89. The Morgan fingerprint density at radius 1 is 1.16 bits per heavy atom. The molecule has 9 heteroatoms. The second-order valence-corrected chi connectivity index (χ2v) is 8.83. The predicted octanol–water partition coefficient (Wildman–Crippen LogP) is 5.28. The number of hydrogen-bond acceptors (Lipinski definition) is 6. The molecule has 2 aromatic heterocycles. The normalized spacial score (nSPS) is 12.9. The number of benzene rings is 2. The molecule has 0 fully saturated rings. The molecule has 1 aliphatic heterocycles. The third-order valence-corrected chi connectivity index (χ3v) is 6.84. The van der Waals surface area contributed by atoms with Gasteiger partial charge >= 0.3 is 0 Å². The number of thioether (sulfide) groups is 1. The maximum Gasteiger partial charge on any atom is 0.265 e. The average molecular weight is 456 g/mol. The van der Waals surface area contributed by atoms with Crippen LogP contribution in [0.25, 0.3) is 15.9 Å². The number of amides is 1. The molecule has 5 rings (SSSR count). The van der Waals surface area contributed by atoms with E-state index in [1.807, 2.05) is 25.3 Å². The lowest BCUT2D eigenvalue weighted by molar-refractivity contribution is 0.103. The smallest absolute Gasteiger partial charge is 0.265 e. The fraction of sp³-hybridized carbons (Fsp3) is 0.182. The van der Waals surface area contributed by atoms with Crippen molar-refractivity contribution in [1.29, 1.82) is 0 Å². The average Bonchev–Trinajstić information content (AvgIpc) is 3.34. The topological polar surface area (TPSA) is 65.4 Å². The summed E-state index contributed by atoms with van der Waals surface area (Å²) in [5, 5.41) is 8.44. The number of thiophene rings is 1. The van der Waals surface area contributed by atoms with Gasteiger partial charge in [0.1, 0.15) is 23.9 Å². The minimum atomic E-state index is -0.306. The van der Waals surface area contributed by atoms with Crippen LogP contribution in [0.2, 0.25) is 0 Å². The number of carbonyl (C=O) groups excluding carboxylic acids is 1. The van der Waals surface area contributed by atoms with Gasteiger partial charge in [0.2, 0.25) is 0 Å². The van der Waals surface area contributed by atoms with Crippen molar-refractivity contribution in [2.24, 2.45) is 0 Å². The van der Waals surface area contributed by atoms with Gasteiger partial charge in [0.05, 0.1) is 21.9 Å². The number of rotatable bonds is 4. The lowest BCUT2D eigenvalue weighted by atomic mass is 10.2. The van der Waals surface area contributed by atoms with Gasteiger partial charge in [-0.2, -0.15) is 5.10 Å². The minimum Gasteiger partial charge on any atom is -0.486 e. The highest BCUT2D eigenvalue weighted by molar-refractivity contribution is 7.98. The van der Waals surface area contributed by atoms with E-state index in [1.165, 1.54) is 35.2 Å². The summed E-state index contributed by atoms with van der Waals surface area (Å²) in [5.41, 5.74) is 2.22. The van der Waals surface area contributed by atoms with Gasteiger partial charge in [-0.25, -0.2) is 9.07 Å². The number of nitrogens with one attached hydrogen (secondary N) is 1. The fourth-order valence-corrected chi connectivity index (χ4v) is 5.07. The molecular formula is C22H18FN3O3S2. The molecule has 31 heavy (non-hydrogen) atoms. The Hall–Kier alpha value is -3.04. The molecule has 1 amide bonds. The first-order chi connectivity index (χ1) is 15.0. The number of aromatic nitrogens is 2. The Morgan fingerprint density at radius 3 is 2.58 bits per heavy atom. The van der Waals surface area contributed by atoms with Crippen LogP contribution in [-0.4, -0.2) is 35.2 Å². The van der Waals surface area contributed by atoms with E-state index >= 15 is 0 Å². The predicted molar refractivity (Wildman–Crippen MR) is 121 cm³/mol. The molecule has 0 aliphatic carbocycles. The Labute approximate surface area is 186 Å². The molecule has 0 atom stereocenters. The first kappa shape index (κ1) is 19.9. The molecule has 0 saturated carbocycles. The highest BCUT2D eigenvalue weighted by Gasteiger charge is 2.20. The summed E-state index contributed by atoms with van der Waals surface area (Å²) < 4.78 is 26.3. The molecular weight excluding hydrogens is 437 g/mol. The number of nitrogens with zero attached hydrogens (tertiary/aromatic N) is 2. The number of halogens is 1. The van der Waals surface area contributed by atoms with Crippen LogP contribution in [0, 0.1) is 12.7 Å². The second-order valence-electron chi connectivity index (χ2n) is 6.95. The molecule has 1 aliphatic rings. The van der Waals surface area contributed by atoms with Gasteiger partial charge in [0.25, 0.3) is 5.91 Å². The number of aryl methyl sites for hydroxylation is 1. The van der Waals surface area contributed by atoms with Crippen LogP contribution in [-0.2, 0) is 0 Å². The molecule has 0 radical (unpaired) electrons. The largest absolute Gasteiger partial charge is 0.486 e. The Balaban J connectivity index is 1.48. The van der Waals surface area contributed by atoms with Gasteiger partial charge in [0.15, 0.2) is 11.5 Å². The molecule has 0 unspecified atom stereocenters. The van der Waals surface area contributed by atoms with E-state index in [0.29, 0.717) is 35.3 Å². The van der Waals surface area contributed by atoms with Crippen molar-refractivity contribution < 1.29 is 18.7 Å². The van der Waals surface area contributed by atoms with Crippen molar-refractivity contribution in [3.63, 3.8) is 0 Å². The molecule has 4 aromatic rings. The molecule has 6 nitrogen and oxygen atoms in total. The SMILES string of the molecule is CSc1cc2c(cc1NC(=O)c1cc3c(C)nn(-c4ccc(F)cc4)c3s1)OCCO2. The molecule has 158 valence electrons. The van der Waals surface area contributed by atoms with Gasteiger partial charge in [-0.15, -0.1) is 23.1 Å². The molecule has 2 aromatic carbocycles. The van der Waals surface area contributed by atoms with Gasteiger partial charge in [-0.1, -0.05) is 0 Å². The number of carbonyl (C=O) groups is 1. The summed E-state index contributed by atoms with van der Waals surface area (Å²) in [7, 11) is 0. The molecule has 0 saturated heterocycles. The number of hydrogen-bond donors (Lipinski definition) is 1. The summed E-state index contributed by atoms with van der Waals surface area (Å²) >= 11 is 2.87. The second kappa shape index (κ2) is 7.90. The van der Waals surface area contributed by atoms with Crippen LogP contribution in [0.1, 0.15) is 15.4 Å². The molecule has 0 bridgehead atoms. The summed E-state index contributed by atoms with van der Waals surface area (Å²) in [6.07, 6.45) is 1.95. The summed E-state index contributed by atoms with van der Waals surface area (Å²) in [4.78, 5) is 15.4. The quantitative estimate of drug-likeness (QED) is 0.424. The molecule has 1 N–H and O–H groups in total. The van der Waals surface area contributed by atoms with Crippen LogP contribution in [0.4, 0.5) is 10.1 Å². The van der Waals surface area contributed by atoms with Crippen LogP contribution >= 0.6 is 23.1 Å². The van der Waals surface area contributed by atoms with Crippen LogP contribution in [0.15, 0.2) is 47.4 Å². The van der Waals surface area contributed by atoms with Crippen LogP contribution in [0.5, 0.6) is 11.5 Å². The van der Waals surface area contributed by atoms with Crippen molar-refractivity contribution in [3.8, 4) is 17.2 Å². The number of ether oxygens (including phenoxy) is 2. The third kappa shape index (κ3) is 3.64. The van der Waals surface area contributed by atoms with Gasteiger partial charge in [0, 0.05) is 16.3 Å². The van der Waals surface area contributed by atoms with Gasteiger partial charge < -0.3 is 14.8 Å². The van der Waals surface area contributed by atoms with Gasteiger partial charge in [-0.3, -0.25) is 4.79 Å².